The van der Waals surface area contributed by atoms with Gasteiger partial charge < -0.3 is 10.4 Å². The predicted molar refractivity (Wildman–Crippen MR) is 84.1 cm³/mol. The molecular formula is C15H21ClN2O3. The number of nitrogens with one attached hydrogen (secondary N) is 1. The van der Waals surface area contributed by atoms with E-state index in [4.69, 9.17) is 5.11 Å². The van der Waals surface area contributed by atoms with Gasteiger partial charge in [-0.05, 0) is 56.1 Å². The molecular weight excluding hydrogens is 292 g/mol. The van der Waals surface area contributed by atoms with E-state index in [1.54, 1.807) is 12.1 Å². The lowest BCUT2D eigenvalue weighted by atomic mass is 9.99. The molecule has 0 radical (unpaired) electrons. The van der Waals surface area contributed by atoms with Crippen LogP contribution in [0.4, 0.5) is 5.69 Å². The first-order chi connectivity index (χ1) is 9.54. The Balaban J connectivity index is 0.00000220. The number of hydrogen-bond donors (Lipinski definition) is 2. The van der Waals surface area contributed by atoms with Crippen LogP contribution in [0.3, 0.4) is 0 Å². The van der Waals surface area contributed by atoms with Gasteiger partial charge in [-0.25, -0.2) is 4.79 Å². The summed E-state index contributed by atoms with van der Waals surface area (Å²) in [6.45, 7) is 4.56. The highest BCUT2D eigenvalue weighted by Gasteiger charge is 2.17. The van der Waals surface area contributed by atoms with E-state index in [1.165, 1.54) is 12.1 Å². The molecule has 0 aromatic heterocycles. The SMILES string of the molecule is CC1CCN(CC(=O)Nc2ccc(C(=O)O)cc2)CC1.Cl. The monoisotopic (exact) mass is 312 g/mol. The first-order valence-electron chi connectivity index (χ1n) is 6.90. The van der Waals surface area contributed by atoms with Gasteiger partial charge in [0, 0.05) is 5.69 Å². The molecule has 1 saturated heterocycles. The third-order valence-electron chi connectivity index (χ3n) is 3.66. The Labute approximate surface area is 130 Å². The Bertz CT molecular complexity index is 482. The molecule has 0 unspecified atom stereocenters. The van der Waals surface area contributed by atoms with E-state index in [9.17, 15) is 9.59 Å². The minimum absolute atomic E-state index is 0. The molecule has 2 rings (SSSR count). The van der Waals surface area contributed by atoms with Crippen molar-refractivity contribution in [2.24, 2.45) is 5.92 Å². The summed E-state index contributed by atoms with van der Waals surface area (Å²) in [5.74, 6) is -0.272. The van der Waals surface area contributed by atoms with Crippen molar-refractivity contribution >= 4 is 30.0 Å². The lowest BCUT2D eigenvalue weighted by molar-refractivity contribution is -0.117. The number of likely N-dealkylation sites (tertiary alicyclic amines) is 1. The van der Waals surface area contributed by atoms with Crippen molar-refractivity contribution in [3.05, 3.63) is 29.8 Å². The van der Waals surface area contributed by atoms with Crippen molar-refractivity contribution in [2.75, 3.05) is 25.0 Å². The molecule has 0 atom stereocenters. The normalized spacial score (nSPS) is 16.0. The van der Waals surface area contributed by atoms with Gasteiger partial charge in [0.15, 0.2) is 0 Å². The Morgan fingerprint density at radius 2 is 1.81 bits per heavy atom. The Morgan fingerprint density at radius 3 is 2.33 bits per heavy atom. The average molecular weight is 313 g/mol. The molecule has 5 nitrogen and oxygen atoms in total. The van der Waals surface area contributed by atoms with Crippen LogP contribution < -0.4 is 5.32 Å². The van der Waals surface area contributed by atoms with Gasteiger partial charge in [0.2, 0.25) is 5.91 Å². The molecule has 6 heteroatoms. The molecule has 0 aliphatic carbocycles. The summed E-state index contributed by atoms with van der Waals surface area (Å²) >= 11 is 0. The van der Waals surface area contributed by atoms with E-state index in [-0.39, 0.29) is 23.9 Å². The van der Waals surface area contributed by atoms with Crippen LogP contribution in [0.5, 0.6) is 0 Å². The number of hydrogen-bond acceptors (Lipinski definition) is 3. The van der Waals surface area contributed by atoms with Crippen LogP contribution in [-0.2, 0) is 4.79 Å². The van der Waals surface area contributed by atoms with Crippen molar-refractivity contribution in [1.82, 2.24) is 4.90 Å². The second-order valence-corrected chi connectivity index (χ2v) is 5.39. The summed E-state index contributed by atoms with van der Waals surface area (Å²) < 4.78 is 0. The number of anilines is 1. The smallest absolute Gasteiger partial charge is 0.335 e. The van der Waals surface area contributed by atoms with E-state index >= 15 is 0 Å². The van der Waals surface area contributed by atoms with Crippen LogP contribution in [0.2, 0.25) is 0 Å². The number of amides is 1. The summed E-state index contributed by atoms with van der Waals surface area (Å²) in [7, 11) is 0. The van der Waals surface area contributed by atoms with Crippen LogP contribution >= 0.6 is 12.4 Å². The summed E-state index contributed by atoms with van der Waals surface area (Å²) in [5.41, 5.74) is 0.846. The number of aromatic carboxylic acids is 1. The molecule has 21 heavy (non-hydrogen) atoms. The van der Waals surface area contributed by atoms with E-state index in [0.29, 0.717) is 12.2 Å². The van der Waals surface area contributed by atoms with Crippen LogP contribution in [0.1, 0.15) is 30.1 Å². The van der Waals surface area contributed by atoms with Gasteiger partial charge in [-0.1, -0.05) is 6.92 Å². The van der Waals surface area contributed by atoms with Crippen LogP contribution in [-0.4, -0.2) is 41.5 Å². The molecule has 116 valence electrons. The second kappa shape index (κ2) is 8.00. The molecule has 1 aliphatic rings. The van der Waals surface area contributed by atoms with Gasteiger partial charge in [-0.15, -0.1) is 12.4 Å². The van der Waals surface area contributed by atoms with Crippen LogP contribution in [0, 0.1) is 5.92 Å². The van der Waals surface area contributed by atoms with Crippen molar-refractivity contribution in [3.63, 3.8) is 0 Å². The van der Waals surface area contributed by atoms with E-state index in [0.717, 1.165) is 31.8 Å². The maximum absolute atomic E-state index is 11.9. The number of rotatable bonds is 4. The Kier molecular flexibility index (Phi) is 6.65. The topological polar surface area (TPSA) is 69.6 Å². The first-order valence-corrected chi connectivity index (χ1v) is 6.90. The van der Waals surface area contributed by atoms with Gasteiger partial charge in [0.25, 0.3) is 0 Å². The number of carbonyl (C=O) groups is 2. The molecule has 0 saturated carbocycles. The summed E-state index contributed by atoms with van der Waals surface area (Å²) in [6.07, 6.45) is 2.28. The molecule has 0 bridgehead atoms. The van der Waals surface area contributed by atoms with Gasteiger partial charge in [-0.2, -0.15) is 0 Å². The largest absolute Gasteiger partial charge is 0.478 e. The fourth-order valence-electron chi connectivity index (χ4n) is 2.32. The third kappa shape index (κ3) is 5.36. The molecule has 1 aromatic carbocycles. The van der Waals surface area contributed by atoms with Crippen LogP contribution in [0.25, 0.3) is 0 Å². The molecule has 1 amide bonds. The molecule has 1 aliphatic heterocycles. The number of nitrogens with zero attached hydrogens (tertiary/aromatic N) is 1. The van der Waals surface area contributed by atoms with Crippen LogP contribution in [0.15, 0.2) is 24.3 Å². The quantitative estimate of drug-likeness (QED) is 0.896. The number of benzene rings is 1. The maximum atomic E-state index is 11.9. The zero-order valence-corrected chi connectivity index (χ0v) is 12.9. The Morgan fingerprint density at radius 1 is 1.24 bits per heavy atom. The predicted octanol–water partition coefficient (Wildman–Crippen LogP) is 2.48. The van der Waals surface area contributed by atoms with Gasteiger partial charge >= 0.3 is 5.97 Å². The first kappa shape index (κ1) is 17.5. The number of carboxylic acids is 1. The standard InChI is InChI=1S/C15H20N2O3.ClH/c1-11-6-8-17(9-7-11)10-14(18)16-13-4-2-12(3-5-13)15(19)20;/h2-5,11H,6-10H2,1H3,(H,16,18)(H,19,20);1H. The van der Waals surface area contributed by atoms with Gasteiger partial charge in [0.1, 0.15) is 0 Å². The van der Waals surface area contributed by atoms with Crippen molar-refractivity contribution in [2.45, 2.75) is 19.8 Å². The van der Waals surface area contributed by atoms with Gasteiger partial charge in [0.05, 0.1) is 12.1 Å². The van der Waals surface area contributed by atoms with E-state index < -0.39 is 5.97 Å². The summed E-state index contributed by atoms with van der Waals surface area (Å²) in [6, 6.07) is 6.19. The van der Waals surface area contributed by atoms with Crippen molar-refractivity contribution < 1.29 is 14.7 Å². The zero-order chi connectivity index (χ0) is 14.5. The van der Waals surface area contributed by atoms with E-state index in [2.05, 4.69) is 17.1 Å². The third-order valence-corrected chi connectivity index (χ3v) is 3.66. The molecule has 1 fully saturated rings. The molecule has 0 spiro atoms. The van der Waals surface area contributed by atoms with Crippen molar-refractivity contribution in [3.8, 4) is 0 Å². The van der Waals surface area contributed by atoms with Crippen molar-refractivity contribution in [1.29, 1.82) is 0 Å². The fraction of sp³-hybridized carbons (Fsp3) is 0.467. The lowest BCUT2D eigenvalue weighted by Gasteiger charge is -2.29. The highest BCUT2D eigenvalue weighted by molar-refractivity contribution is 5.93. The summed E-state index contributed by atoms with van der Waals surface area (Å²) in [4.78, 5) is 24.8. The minimum atomic E-state index is -0.967. The lowest BCUT2D eigenvalue weighted by Crippen LogP contribution is -2.38. The summed E-state index contributed by atoms with van der Waals surface area (Å²) in [5, 5.41) is 11.6. The average Bonchev–Trinajstić information content (AvgIpc) is 2.42. The Hall–Kier alpha value is -1.59. The minimum Gasteiger partial charge on any atom is -0.478 e. The number of carbonyl (C=O) groups excluding carboxylic acids is 1. The molecule has 1 heterocycles. The number of piperidine rings is 1. The highest BCUT2D eigenvalue weighted by Crippen LogP contribution is 2.16. The highest BCUT2D eigenvalue weighted by atomic mass is 35.5. The van der Waals surface area contributed by atoms with E-state index in [1.807, 2.05) is 0 Å². The maximum Gasteiger partial charge on any atom is 0.335 e. The second-order valence-electron chi connectivity index (χ2n) is 5.39. The number of halogens is 1. The fourth-order valence-corrected chi connectivity index (χ4v) is 2.32. The molecule has 2 N–H and O–H groups in total. The zero-order valence-electron chi connectivity index (χ0n) is 12.0. The molecule has 1 aromatic rings. The number of carboxylic acid groups (broad SMARTS) is 1. The van der Waals surface area contributed by atoms with Gasteiger partial charge in [-0.3, -0.25) is 9.69 Å².